The second-order valence-electron chi connectivity index (χ2n) is 3.87. The summed E-state index contributed by atoms with van der Waals surface area (Å²) in [5, 5.41) is 1.03. The molecule has 1 heterocycles. The lowest BCUT2D eigenvalue weighted by molar-refractivity contribution is 1.18. The van der Waals surface area contributed by atoms with Gasteiger partial charge in [-0.3, -0.25) is 10.9 Å². The van der Waals surface area contributed by atoms with E-state index in [0.717, 1.165) is 16.6 Å². The van der Waals surface area contributed by atoms with E-state index in [0.29, 0.717) is 5.95 Å². The summed E-state index contributed by atoms with van der Waals surface area (Å²) in [7, 11) is 0. The minimum absolute atomic E-state index is 0.553. The number of rotatable bonds is 3. The monoisotopic (exact) mass is 236 g/mol. The molecule has 0 saturated carbocycles. The maximum Gasteiger partial charge on any atom is 0.242 e. The van der Waals surface area contributed by atoms with E-state index in [1.807, 2.05) is 54.6 Å². The van der Waals surface area contributed by atoms with Crippen LogP contribution < -0.4 is 10.9 Å². The van der Waals surface area contributed by atoms with Gasteiger partial charge in [0.1, 0.15) is 0 Å². The molecule has 2 aromatic carbocycles. The summed E-state index contributed by atoms with van der Waals surface area (Å²) in [6.45, 7) is 0. The maximum absolute atomic E-state index is 4.41. The van der Waals surface area contributed by atoms with Gasteiger partial charge in [-0.1, -0.05) is 36.4 Å². The normalized spacial score (nSPS) is 10.2. The van der Waals surface area contributed by atoms with Gasteiger partial charge in [0, 0.05) is 11.6 Å². The van der Waals surface area contributed by atoms with Crippen LogP contribution in [0.15, 0.2) is 60.8 Å². The Morgan fingerprint density at radius 1 is 0.778 bits per heavy atom. The van der Waals surface area contributed by atoms with Gasteiger partial charge in [-0.05, 0) is 18.2 Å². The van der Waals surface area contributed by atoms with E-state index in [4.69, 9.17) is 0 Å². The van der Waals surface area contributed by atoms with Gasteiger partial charge >= 0.3 is 0 Å². The van der Waals surface area contributed by atoms with Crippen LogP contribution in [0.25, 0.3) is 10.9 Å². The Hall–Kier alpha value is -2.62. The first-order valence-electron chi connectivity index (χ1n) is 5.71. The van der Waals surface area contributed by atoms with Crippen LogP contribution in [0.1, 0.15) is 0 Å². The van der Waals surface area contributed by atoms with E-state index in [-0.39, 0.29) is 0 Å². The third kappa shape index (κ3) is 2.22. The number of nitrogens with one attached hydrogen (secondary N) is 2. The van der Waals surface area contributed by atoms with Gasteiger partial charge in [0.15, 0.2) is 0 Å². The van der Waals surface area contributed by atoms with Crippen LogP contribution in [0.5, 0.6) is 0 Å². The smallest absolute Gasteiger partial charge is 0.242 e. The molecule has 0 saturated heterocycles. The third-order valence-electron chi connectivity index (χ3n) is 2.58. The van der Waals surface area contributed by atoms with Gasteiger partial charge in [0.05, 0.1) is 11.2 Å². The Bertz CT molecular complexity index is 652. The number of hydrogen-bond donors (Lipinski definition) is 2. The number of benzene rings is 2. The molecule has 0 spiro atoms. The van der Waals surface area contributed by atoms with E-state index in [1.54, 1.807) is 6.20 Å². The summed E-state index contributed by atoms with van der Waals surface area (Å²) in [5.74, 6) is 0.553. The summed E-state index contributed by atoms with van der Waals surface area (Å²) in [6.07, 6.45) is 1.80. The van der Waals surface area contributed by atoms with Crippen molar-refractivity contribution >= 4 is 22.5 Å². The number of para-hydroxylation sites is 2. The van der Waals surface area contributed by atoms with Gasteiger partial charge in [0.2, 0.25) is 5.95 Å². The van der Waals surface area contributed by atoms with Crippen molar-refractivity contribution in [3.05, 3.63) is 60.8 Å². The van der Waals surface area contributed by atoms with Crippen molar-refractivity contribution in [1.29, 1.82) is 0 Å². The SMILES string of the molecule is c1ccc(NNc2ncc3ccccc3n2)cc1. The molecule has 0 aliphatic carbocycles. The van der Waals surface area contributed by atoms with Crippen LogP contribution in [0.2, 0.25) is 0 Å². The first-order valence-corrected chi connectivity index (χ1v) is 5.71. The molecule has 0 atom stereocenters. The predicted octanol–water partition coefficient (Wildman–Crippen LogP) is 3.07. The van der Waals surface area contributed by atoms with Crippen molar-refractivity contribution in [2.45, 2.75) is 0 Å². The Kier molecular flexibility index (Phi) is 2.75. The Morgan fingerprint density at radius 3 is 2.44 bits per heavy atom. The second-order valence-corrected chi connectivity index (χ2v) is 3.87. The van der Waals surface area contributed by atoms with Crippen LogP contribution >= 0.6 is 0 Å². The Balaban J connectivity index is 1.79. The predicted molar refractivity (Wildman–Crippen MR) is 73.2 cm³/mol. The van der Waals surface area contributed by atoms with Crippen molar-refractivity contribution < 1.29 is 0 Å². The molecular weight excluding hydrogens is 224 g/mol. The molecule has 3 rings (SSSR count). The number of fused-ring (bicyclic) bond motifs is 1. The topological polar surface area (TPSA) is 49.8 Å². The zero-order chi connectivity index (χ0) is 12.2. The summed E-state index contributed by atoms with van der Waals surface area (Å²) < 4.78 is 0. The van der Waals surface area contributed by atoms with Gasteiger partial charge in [-0.2, -0.15) is 0 Å². The van der Waals surface area contributed by atoms with Crippen molar-refractivity contribution in [2.75, 3.05) is 10.9 Å². The molecule has 0 radical (unpaired) electrons. The minimum Gasteiger partial charge on any atom is -0.298 e. The van der Waals surface area contributed by atoms with E-state index in [2.05, 4.69) is 20.8 Å². The molecule has 0 amide bonds. The van der Waals surface area contributed by atoms with Gasteiger partial charge in [-0.15, -0.1) is 0 Å². The highest BCUT2D eigenvalue weighted by molar-refractivity contribution is 5.78. The van der Waals surface area contributed by atoms with E-state index in [1.165, 1.54) is 0 Å². The van der Waals surface area contributed by atoms with Crippen LogP contribution in [0.4, 0.5) is 11.6 Å². The molecule has 0 unspecified atom stereocenters. The molecule has 0 aliphatic rings. The number of hydrazine groups is 1. The Morgan fingerprint density at radius 2 is 1.56 bits per heavy atom. The summed E-state index contributed by atoms with van der Waals surface area (Å²) in [5.41, 5.74) is 7.92. The zero-order valence-electron chi connectivity index (χ0n) is 9.67. The highest BCUT2D eigenvalue weighted by Crippen LogP contribution is 2.12. The van der Waals surface area contributed by atoms with E-state index < -0.39 is 0 Å². The quantitative estimate of drug-likeness (QED) is 0.686. The molecular formula is C14H12N4. The number of aromatic nitrogens is 2. The number of hydrogen-bond acceptors (Lipinski definition) is 4. The van der Waals surface area contributed by atoms with E-state index >= 15 is 0 Å². The standard InChI is InChI=1S/C14H12N4/c1-2-7-12(8-3-1)17-18-14-15-10-11-6-4-5-9-13(11)16-14/h1-10,17H,(H,15,16,18). The van der Waals surface area contributed by atoms with Crippen molar-refractivity contribution in [3.63, 3.8) is 0 Å². The fourth-order valence-corrected chi connectivity index (χ4v) is 1.68. The molecule has 18 heavy (non-hydrogen) atoms. The van der Waals surface area contributed by atoms with Crippen LogP contribution in [0.3, 0.4) is 0 Å². The van der Waals surface area contributed by atoms with E-state index in [9.17, 15) is 0 Å². The van der Waals surface area contributed by atoms with Crippen molar-refractivity contribution in [3.8, 4) is 0 Å². The summed E-state index contributed by atoms with van der Waals surface area (Å²) in [4.78, 5) is 8.64. The first-order chi connectivity index (χ1) is 8.92. The van der Waals surface area contributed by atoms with Gasteiger partial charge in [0.25, 0.3) is 0 Å². The average molecular weight is 236 g/mol. The summed E-state index contributed by atoms with van der Waals surface area (Å²) >= 11 is 0. The van der Waals surface area contributed by atoms with Gasteiger partial charge < -0.3 is 0 Å². The molecule has 1 aromatic heterocycles. The fraction of sp³-hybridized carbons (Fsp3) is 0. The lowest BCUT2D eigenvalue weighted by atomic mass is 10.2. The summed E-state index contributed by atoms with van der Waals surface area (Å²) in [6, 6.07) is 17.7. The molecule has 0 bridgehead atoms. The van der Waals surface area contributed by atoms with Crippen molar-refractivity contribution in [2.24, 2.45) is 0 Å². The molecule has 4 nitrogen and oxygen atoms in total. The lowest BCUT2D eigenvalue weighted by Crippen LogP contribution is -2.11. The van der Waals surface area contributed by atoms with Crippen molar-refractivity contribution in [1.82, 2.24) is 9.97 Å². The number of nitrogens with zero attached hydrogens (tertiary/aromatic N) is 2. The third-order valence-corrected chi connectivity index (χ3v) is 2.58. The van der Waals surface area contributed by atoms with Crippen LogP contribution in [-0.4, -0.2) is 9.97 Å². The fourth-order valence-electron chi connectivity index (χ4n) is 1.68. The molecule has 2 N–H and O–H groups in total. The largest absolute Gasteiger partial charge is 0.298 e. The maximum atomic E-state index is 4.41. The molecule has 4 heteroatoms. The molecule has 3 aromatic rings. The Labute approximate surface area is 105 Å². The second kappa shape index (κ2) is 4.71. The molecule has 88 valence electrons. The minimum atomic E-state index is 0.553. The lowest BCUT2D eigenvalue weighted by Gasteiger charge is -2.08. The highest BCUT2D eigenvalue weighted by atomic mass is 15.4. The highest BCUT2D eigenvalue weighted by Gasteiger charge is 1.98. The molecule has 0 aliphatic heterocycles. The average Bonchev–Trinajstić information content (AvgIpc) is 2.46. The zero-order valence-corrected chi connectivity index (χ0v) is 9.67. The van der Waals surface area contributed by atoms with Crippen LogP contribution in [0, 0.1) is 0 Å². The van der Waals surface area contributed by atoms with Gasteiger partial charge in [-0.25, -0.2) is 9.97 Å². The first kappa shape index (κ1) is 10.5. The number of anilines is 2. The van der Waals surface area contributed by atoms with Crippen LogP contribution in [-0.2, 0) is 0 Å². The molecule has 0 fully saturated rings.